The van der Waals surface area contributed by atoms with E-state index < -0.39 is 52.7 Å². The molecule has 0 saturated carbocycles. The second-order valence-corrected chi connectivity index (χ2v) is 9.79. The average molecular weight is 483 g/mol. The molecule has 2 amide bonds. The van der Waals surface area contributed by atoms with Gasteiger partial charge in [0, 0.05) is 11.1 Å². The molecule has 2 saturated heterocycles. The summed E-state index contributed by atoms with van der Waals surface area (Å²) in [4.78, 5) is 56.3. The molecule has 3 aromatic carbocycles. The van der Waals surface area contributed by atoms with Gasteiger partial charge in [0.05, 0.1) is 23.6 Å². The van der Waals surface area contributed by atoms with E-state index in [1.165, 1.54) is 36.4 Å². The van der Waals surface area contributed by atoms with Gasteiger partial charge in [-0.3, -0.25) is 19.2 Å². The van der Waals surface area contributed by atoms with Gasteiger partial charge in [-0.2, -0.15) is 0 Å². The minimum Gasteiger partial charge on any atom is -0.349 e. The topological polar surface area (TPSA) is 80.8 Å². The van der Waals surface area contributed by atoms with Crippen molar-refractivity contribution in [2.45, 2.75) is 31.5 Å². The number of imide groups is 1. The van der Waals surface area contributed by atoms with Gasteiger partial charge in [0.2, 0.25) is 29.0 Å². The van der Waals surface area contributed by atoms with Crippen LogP contribution < -0.4 is 4.90 Å². The summed E-state index contributed by atoms with van der Waals surface area (Å²) in [5.74, 6) is -5.13. The quantitative estimate of drug-likeness (QED) is 0.400. The lowest BCUT2D eigenvalue weighted by atomic mass is 9.77. The molecule has 36 heavy (non-hydrogen) atoms. The Labute approximate surface area is 206 Å². The van der Waals surface area contributed by atoms with Crippen molar-refractivity contribution in [2.24, 2.45) is 11.8 Å². The molecule has 3 aromatic rings. The van der Waals surface area contributed by atoms with Crippen molar-refractivity contribution in [2.75, 3.05) is 4.90 Å². The fourth-order valence-electron chi connectivity index (χ4n) is 5.73. The molecule has 0 aromatic heterocycles. The standard InChI is InChI=1S/C29H22FNO5/c1-15(2)16-9-13-19(14-10-16)31-27(34)22-23(28(31)35)29(36-24(22)17-7-11-18(30)12-8-17)25(32)20-5-3-4-6-21(20)26(29)33/h3-15,22-24H,1-2H3/t22-,23+,24-/m0/s1. The third-order valence-electron chi connectivity index (χ3n) is 7.54. The van der Waals surface area contributed by atoms with Crippen LogP contribution in [0.25, 0.3) is 0 Å². The molecule has 0 unspecified atom stereocenters. The maximum absolute atomic E-state index is 13.9. The van der Waals surface area contributed by atoms with Crippen LogP contribution in [0.15, 0.2) is 72.8 Å². The first-order valence-corrected chi connectivity index (χ1v) is 11.9. The van der Waals surface area contributed by atoms with Crippen LogP contribution in [0.1, 0.15) is 57.7 Å². The molecule has 6 nitrogen and oxygen atoms in total. The van der Waals surface area contributed by atoms with Gasteiger partial charge >= 0.3 is 0 Å². The lowest BCUT2D eigenvalue weighted by molar-refractivity contribution is -0.127. The molecule has 180 valence electrons. The van der Waals surface area contributed by atoms with E-state index in [0.717, 1.165) is 10.5 Å². The highest BCUT2D eigenvalue weighted by Gasteiger charge is 2.74. The molecule has 2 aliphatic heterocycles. The van der Waals surface area contributed by atoms with E-state index >= 15 is 0 Å². The molecule has 6 rings (SSSR count). The molecule has 0 radical (unpaired) electrons. The number of rotatable bonds is 3. The minimum absolute atomic E-state index is 0.168. The van der Waals surface area contributed by atoms with Gasteiger partial charge < -0.3 is 4.74 Å². The zero-order valence-electron chi connectivity index (χ0n) is 19.6. The molecule has 7 heteroatoms. The Morgan fingerprint density at radius 3 is 1.94 bits per heavy atom. The Bertz CT molecular complexity index is 1410. The molecule has 2 heterocycles. The highest BCUT2D eigenvalue weighted by Crippen LogP contribution is 2.57. The first kappa shape index (κ1) is 22.5. The third kappa shape index (κ3) is 2.86. The van der Waals surface area contributed by atoms with Gasteiger partial charge in [-0.05, 0) is 41.3 Å². The normalized spacial score (nSPS) is 24.2. The van der Waals surface area contributed by atoms with E-state index in [2.05, 4.69) is 0 Å². The first-order valence-electron chi connectivity index (χ1n) is 11.9. The highest BCUT2D eigenvalue weighted by molar-refractivity contribution is 6.37. The summed E-state index contributed by atoms with van der Waals surface area (Å²) in [5, 5.41) is 0. The molecule has 0 bridgehead atoms. The van der Waals surface area contributed by atoms with Crippen LogP contribution >= 0.6 is 0 Å². The third-order valence-corrected chi connectivity index (χ3v) is 7.54. The number of hydrogen-bond acceptors (Lipinski definition) is 5. The summed E-state index contributed by atoms with van der Waals surface area (Å²) >= 11 is 0. The second kappa shape index (κ2) is 7.77. The number of carbonyl (C=O) groups is 4. The van der Waals surface area contributed by atoms with Crippen LogP contribution in [0.3, 0.4) is 0 Å². The van der Waals surface area contributed by atoms with Crippen LogP contribution in [-0.4, -0.2) is 29.0 Å². The number of Topliss-reactive ketones (excluding diaryl/α,β-unsaturated/α-hetero) is 2. The zero-order valence-corrected chi connectivity index (χ0v) is 19.6. The van der Waals surface area contributed by atoms with Crippen molar-refractivity contribution < 1.29 is 28.3 Å². The van der Waals surface area contributed by atoms with Crippen LogP contribution in [0.4, 0.5) is 10.1 Å². The monoisotopic (exact) mass is 483 g/mol. The summed E-state index contributed by atoms with van der Waals surface area (Å²) < 4.78 is 19.9. The first-order chi connectivity index (χ1) is 17.3. The molecule has 3 atom stereocenters. The van der Waals surface area contributed by atoms with E-state index in [0.29, 0.717) is 11.3 Å². The number of fused-ring (bicyclic) bond motifs is 3. The van der Waals surface area contributed by atoms with E-state index in [1.807, 2.05) is 26.0 Å². The van der Waals surface area contributed by atoms with Crippen LogP contribution in [0.2, 0.25) is 0 Å². The largest absolute Gasteiger partial charge is 0.349 e. The lowest BCUT2D eigenvalue weighted by Crippen LogP contribution is -2.51. The van der Waals surface area contributed by atoms with Gasteiger partial charge in [0.25, 0.3) is 0 Å². The van der Waals surface area contributed by atoms with Crippen molar-refractivity contribution in [3.05, 3.63) is 101 Å². The van der Waals surface area contributed by atoms with Crippen molar-refractivity contribution in [1.29, 1.82) is 0 Å². The molecule has 2 fully saturated rings. The number of ether oxygens (including phenoxy) is 1. The molecule has 1 aliphatic carbocycles. The van der Waals surface area contributed by atoms with Crippen molar-refractivity contribution >= 4 is 29.1 Å². The number of benzene rings is 3. The van der Waals surface area contributed by atoms with Crippen LogP contribution in [0.5, 0.6) is 0 Å². The van der Waals surface area contributed by atoms with Crippen molar-refractivity contribution in [3.63, 3.8) is 0 Å². The van der Waals surface area contributed by atoms with E-state index in [9.17, 15) is 23.6 Å². The Morgan fingerprint density at radius 2 is 1.39 bits per heavy atom. The maximum atomic E-state index is 13.9. The number of halogens is 1. The van der Waals surface area contributed by atoms with Crippen molar-refractivity contribution in [3.8, 4) is 0 Å². The molecule has 3 aliphatic rings. The summed E-state index contributed by atoms with van der Waals surface area (Å²) in [6, 6.07) is 18.7. The maximum Gasteiger partial charge on any atom is 0.241 e. The summed E-state index contributed by atoms with van der Waals surface area (Å²) in [6.07, 6.45) is -1.07. The Morgan fingerprint density at radius 1 is 0.806 bits per heavy atom. The van der Waals surface area contributed by atoms with Gasteiger partial charge in [0.1, 0.15) is 5.82 Å². The fraction of sp³-hybridized carbons (Fsp3) is 0.241. The number of hydrogen-bond donors (Lipinski definition) is 0. The van der Waals surface area contributed by atoms with Gasteiger partial charge in [0.15, 0.2) is 0 Å². The molecular weight excluding hydrogens is 461 g/mol. The van der Waals surface area contributed by atoms with Gasteiger partial charge in [-0.25, -0.2) is 9.29 Å². The Balaban J connectivity index is 1.51. The predicted octanol–water partition coefficient (Wildman–Crippen LogP) is 4.64. The number of amides is 2. The molecule has 1 spiro atoms. The predicted molar refractivity (Wildman–Crippen MR) is 128 cm³/mol. The minimum atomic E-state index is -2.15. The number of nitrogens with zero attached hydrogens (tertiary/aromatic N) is 1. The average Bonchev–Trinajstić information content (AvgIpc) is 3.44. The number of anilines is 1. The fourth-order valence-corrected chi connectivity index (χ4v) is 5.73. The summed E-state index contributed by atoms with van der Waals surface area (Å²) in [5.41, 5.74) is 0.0121. The Kier molecular flexibility index (Phi) is 4.85. The molecular formula is C29H22FNO5. The highest BCUT2D eigenvalue weighted by atomic mass is 19.1. The molecule has 0 N–H and O–H groups in total. The van der Waals surface area contributed by atoms with Gasteiger partial charge in [-0.15, -0.1) is 0 Å². The van der Waals surface area contributed by atoms with Gasteiger partial charge in [-0.1, -0.05) is 62.4 Å². The zero-order chi connectivity index (χ0) is 25.4. The second-order valence-electron chi connectivity index (χ2n) is 9.79. The lowest BCUT2D eigenvalue weighted by Gasteiger charge is -2.27. The Hall–Kier alpha value is -3.97. The number of ketones is 2. The van der Waals surface area contributed by atoms with Crippen LogP contribution in [-0.2, 0) is 14.3 Å². The van der Waals surface area contributed by atoms with E-state index in [1.54, 1.807) is 24.3 Å². The summed E-state index contributed by atoms with van der Waals surface area (Å²) in [7, 11) is 0. The smallest absolute Gasteiger partial charge is 0.241 e. The number of carbonyl (C=O) groups excluding carboxylic acids is 4. The van der Waals surface area contributed by atoms with Crippen LogP contribution in [0, 0.1) is 17.7 Å². The SMILES string of the molecule is CC(C)c1ccc(N2C(=O)[C@@H]3[C@H](c4ccc(F)cc4)OC4(C(=O)c5ccccc5C4=O)[C@H]3C2=O)cc1. The van der Waals surface area contributed by atoms with E-state index in [4.69, 9.17) is 4.74 Å². The van der Waals surface area contributed by atoms with E-state index in [-0.39, 0.29) is 17.0 Å². The summed E-state index contributed by atoms with van der Waals surface area (Å²) in [6.45, 7) is 4.07. The van der Waals surface area contributed by atoms with Crippen molar-refractivity contribution in [1.82, 2.24) is 0 Å².